The van der Waals surface area contributed by atoms with Crippen LogP contribution in [0.5, 0.6) is 0 Å². The molecule has 1 saturated carbocycles. The zero-order chi connectivity index (χ0) is 13.4. The summed E-state index contributed by atoms with van der Waals surface area (Å²) in [4.78, 5) is 21.8. The maximum Gasteiger partial charge on any atom is 0.327 e. The quantitative estimate of drug-likeness (QED) is 0.659. The number of nitrogens with one attached hydrogen (secondary N) is 2. The third-order valence-electron chi connectivity index (χ3n) is 4.22. The molecular weight excluding hydrogens is 220 g/mol. The molecule has 1 aliphatic carbocycles. The maximum atomic E-state index is 10.9. The molecule has 0 aromatic heterocycles. The monoisotopic (exact) mass is 242 g/mol. The van der Waals surface area contributed by atoms with Crippen molar-refractivity contribution in [3.8, 4) is 0 Å². The van der Waals surface area contributed by atoms with E-state index in [0.717, 1.165) is 0 Å². The van der Waals surface area contributed by atoms with E-state index in [1.54, 1.807) is 0 Å². The average molecular weight is 242 g/mol. The summed E-state index contributed by atoms with van der Waals surface area (Å²) in [6.07, 6.45) is 0. The fraction of sp³-hybridized carbons (Fsp3) is 0.833. The number of carboxylic acids is 1. The second kappa shape index (κ2) is 4.29. The van der Waals surface area contributed by atoms with Gasteiger partial charge in [0, 0.05) is 19.5 Å². The lowest BCUT2D eigenvalue weighted by molar-refractivity contribution is -0.141. The molecule has 5 heteroatoms. The van der Waals surface area contributed by atoms with Crippen LogP contribution in [0, 0.1) is 10.8 Å². The SMILES string of the molecule is CC(=O)NC(CNC1C(C)(C)C1(C)C)C(=O)O. The van der Waals surface area contributed by atoms with Crippen molar-refractivity contribution in [2.24, 2.45) is 10.8 Å². The van der Waals surface area contributed by atoms with Crippen LogP contribution < -0.4 is 10.6 Å². The minimum absolute atomic E-state index is 0.159. The Morgan fingerprint density at radius 3 is 2.00 bits per heavy atom. The second-order valence-electron chi connectivity index (χ2n) is 5.88. The van der Waals surface area contributed by atoms with Gasteiger partial charge in [-0.15, -0.1) is 0 Å². The molecule has 1 rings (SSSR count). The van der Waals surface area contributed by atoms with E-state index < -0.39 is 12.0 Å². The van der Waals surface area contributed by atoms with Crippen LogP contribution in [0.1, 0.15) is 34.6 Å². The molecule has 1 fully saturated rings. The molecule has 0 bridgehead atoms. The number of carbonyl (C=O) groups excluding carboxylic acids is 1. The molecule has 0 radical (unpaired) electrons. The number of carbonyl (C=O) groups is 2. The highest BCUT2D eigenvalue weighted by molar-refractivity contribution is 5.82. The Labute approximate surface area is 102 Å². The van der Waals surface area contributed by atoms with Crippen LogP contribution in [0.25, 0.3) is 0 Å². The summed E-state index contributed by atoms with van der Waals surface area (Å²) in [5, 5.41) is 14.6. The molecule has 0 heterocycles. The van der Waals surface area contributed by atoms with Crippen molar-refractivity contribution in [1.82, 2.24) is 10.6 Å². The van der Waals surface area contributed by atoms with Gasteiger partial charge in [-0.25, -0.2) is 4.79 Å². The van der Waals surface area contributed by atoms with Crippen molar-refractivity contribution in [3.63, 3.8) is 0 Å². The topological polar surface area (TPSA) is 78.4 Å². The Balaban J connectivity index is 2.50. The summed E-state index contributed by atoms with van der Waals surface area (Å²) in [6, 6.07) is -0.578. The third kappa shape index (κ3) is 2.60. The highest BCUT2D eigenvalue weighted by Crippen LogP contribution is 2.62. The molecule has 0 aromatic rings. The van der Waals surface area contributed by atoms with Crippen molar-refractivity contribution < 1.29 is 14.7 Å². The second-order valence-corrected chi connectivity index (χ2v) is 5.88. The highest BCUT2D eigenvalue weighted by Gasteiger charge is 2.64. The first-order valence-corrected chi connectivity index (χ1v) is 5.84. The van der Waals surface area contributed by atoms with E-state index in [1.165, 1.54) is 6.92 Å². The number of rotatable bonds is 5. The average Bonchev–Trinajstić information content (AvgIpc) is 2.51. The van der Waals surface area contributed by atoms with E-state index in [0.29, 0.717) is 0 Å². The lowest BCUT2D eigenvalue weighted by atomic mass is 10.0. The van der Waals surface area contributed by atoms with Gasteiger partial charge in [-0.3, -0.25) is 4.79 Å². The Hall–Kier alpha value is -1.10. The Kier molecular flexibility index (Phi) is 3.52. The number of hydrogen-bond acceptors (Lipinski definition) is 3. The number of aliphatic carboxylic acids is 1. The lowest BCUT2D eigenvalue weighted by Gasteiger charge is -2.15. The summed E-state index contributed by atoms with van der Waals surface area (Å²) in [5.41, 5.74) is 0.318. The fourth-order valence-electron chi connectivity index (χ4n) is 2.39. The van der Waals surface area contributed by atoms with Gasteiger partial charge in [0.1, 0.15) is 6.04 Å². The normalized spacial score (nSPS) is 22.9. The van der Waals surface area contributed by atoms with E-state index in [1.807, 2.05) is 0 Å². The van der Waals surface area contributed by atoms with Crippen LogP contribution in [0.4, 0.5) is 0 Å². The summed E-state index contributed by atoms with van der Waals surface area (Å²) < 4.78 is 0. The van der Waals surface area contributed by atoms with Gasteiger partial charge in [0.15, 0.2) is 0 Å². The van der Waals surface area contributed by atoms with Crippen molar-refractivity contribution >= 4 is 11.9 Å². The van der Waals surface area contributed by atoms with Gasteiger partial charge in [0.2, 0.25) is 5.91 Å². The summed E-state index contributed by atoms with van der Waals surface area (Å²) >= 11 is 0. The van der Waals surface area contributed by atoms with Crippen LogP contribution in [-0.4, -0.2) is 35.6 Å². The molecule has 5 nitrogen and oxygen atoms in total. The molecule has 0 spiro atoms. The first kappa shape index (κ1) is 14.0. The predicted molar refractivity (Wildman–Crippen MR) is 64.6 cm³/mol. The maximum absolute atomic E-state index is 10.9. The van der Waals surface area contributed by atoms with Crippen molar-refractivity contribution in [3.05, 3.63) is 0 Å². The van der Waals surface area contributed by atoms with E-state index in [-0.39, 0.29) is 29.3 Å². The fourth-order valence-corrected chi connectivity index (χ4v) is 2.39. The van der Waals surface area contributed by atoms with E-state index in [9.17, 15) is 9.59 Å². The molecule has 0 saturated heterocycles. The van der Waals surface area contributed by atoms with Crippen LogP contribution >= 0.6 is 0 Å². The van der Waals surface area contributed by atoms with Crippen LogP contribution in [0.3, 0.4) is 0 Å². The van der Waals surface area contributed by atoms with Gasteiger partial charge in [-0.05, 0) is 10.8 Å². The molecule has 0 aromatic carbocycles. The van der Waals surface area contributed by atoms with Gasteiger partial charge in [-0.1, -0.05) is 27.7 Å². The molecule has 1 amide bonds. The number of hydrogen-bond donors (Lipinski definition) is 3. The molecule has 3 N–H and O–H groups in total. The van der Waals surface area contributed by atoms with E-state index >= 15 is 0 Å². The predicted octanol–water partition coefficient (Wildman–Crippen LogP) is 0.600. The molecule has 98 valence electrons. The third-order valence-corrected chi connectivity index (χ3v) is 4.22. The van der Waals surface area contributed by atoms with Crippen molar-refractivity contribution in [2.75, 3.05) is 6.54 Å². The Bertz CT molecular complexity index is 323. The zero-order valence-electron chi connectivity index (χ0n) is 11.1. The molecule has 17 heavy (non-hydrogen) atoms. The Morgan fingerprint density at radius 1 is 1.24 bits per heavy atom. The minimum atomic E-state index is -1.01. The van der Waals surface area contributed by atoms with Gasteiger partial charge in [0.25, 0.3) is 0 Å². The van der Waals surface area contributed by atoms with E-state index in [2.05, 4.69) is 38.3 Å². The lowest BCUT2D eigenvalue weighted by Crippen LogP contribution is -2.47. The van der Waals surface area contributed by atoms with Gasteiger partial charge in [-0.2, -0.15) is 0 Å². The van der Waals surface area contributed by atoms with Crippen LogP contribution in [0.15, 0.2) is 0 Å². The van der Waals surface area contributed by atoms with Gasteiger partial charge in [0.05, 0.1) is 0 Å². The first-order valence-electron chi connectivity index (χ1n) is 5.84. The Morgan fingerprint density at radius 2 is 1.71 bits per heavy atom. The summed E-state index contributed by atoms with van der Waals surface area (Å²) in [5.74, 6) is -1.34. The molecule has 1 unspecified atom stereocenters. The van der Waals surface area contributed by atoms with Crippen molar-refractivity contribution in [1.29, 1.82) is 0 Å². The standard InChI is InChI=1S/C12H22N2O3/c1-7(15)14-8(9(16)17)6-13-10-11(2,3)12(10,4)5/h8,10,13H,6H2,1-5H3,(H,14,15)(H,16,17). The summed E-state index contributed by atoms with van der Waals surface area (Å²) in [6.45, 7) is 10.2. The van der Waals surface area contributed by atoms with Gasteiger partial charge < -0.3 is 15.7 Å². The number of carboxylic acid groups (broad SMARTS) is 1. The molecule has 1 aliphatic rings. The smallest absolute Gasteiger partial charge is 0.327 e. The van der Waals surface area contributed by atoms with Crippen LogP contribution in [0.2, 0.25) is 0 Å². The van der Waals surface area contributed by atoms with Crippen molar-refractivity contribution in [2.45, 2.75) is 46.7 Å². The zero-order valence-corrected chi connectivity index (χ0v) is 11.1. The molecule has 1 atom stereocenters. The highest BCUT2D eigenvalue weighted by atomic mass is 16.4. The molecule has 0 aliphatic heterocycles. The van der Waals surface area contributed by atoms with Crippen LogP contribution in [-0.2, 0) is 9.59 Å². The largest absolute Gasteiger partial charge is 0.480 e. The van der Waals surface area contributed by atoms with Gasteiger partial charge >= 0.3 is 5.97 Å². The number of amides is 1. The van der Waals surface area contributed by atoms with E-state index in [4.69, 9.17) is 5.11 Å². The minimum Gasteiger partial charge on any atom is -0.480 e. The summed E-state index contributed by atoms with van der Waals surface area (Å²) in [7, 11) is 0. The first-order chi connectivity index (χ1) is 7.60. The molecular formula is C12H22N2O3.